The Morgan fingerprint density at radius 1 is 1.28 bits per heavy atom. The van der Waals surface area contributed by atoms with E-state index in [4.69, 9.17) is 16.3 Å². The average molecular weight is 264 g/mol. The van der Waals surface area contributed by atoms with Crippen LogP contribution in [0.1, 0.15) is 22.9 Å². The van der Waals surface area contributed by atoms with Gasteiger partial charge in [-0.3, -0.25) is 4.98 Å². The predicted octanol–water partition coefficient (Wildman–Crippen LogP) is 3.13. The summed E-state index contributed by atoms with van der Waals surface area (Å²) in [5.74, 6) is 0.542. The topological polar surface area (TPSA) is 42.4 Å². The third-order valence-corrected chi connectivity index (χ3v) is 3.02. The molecule has 0 saturated heterocycles. The van der Waals surface area contributed by atoms with E-state index in [1.807, 2.05) is 13.0 Å². The number of hydrogen-bond donors (Lipinski definition) is 1. The molecule has 4 heteroatoms. The van der Waals surface area contributed by atoms with E-state index in [0.29, 0.717) is 22.0 Å². The second-order valence-corrected chi connectivity index (χ2v) is 4.46. The molecule has 2 aromatic rings. The highest BCUT2D eigenvalue weighted by Crippen LogP contribution is 2.29. The fourth-order valence-corrected chi connectivity index (χ4v) is 1.85. The highest BCUT2D eigenvalue weighted by atomic mass is 35.5. The van der Waals surface area contributed by atoms with Crippen molar-refractivity contribution in [3.63, 3.8) is 0 Å². The second-order valence-electron chi connectivity index (χ2n) is 4.06. The monoisotopic (exact) mass is 263 g/mol. The number of pyridine rings is 1. The molecule has 0 radical (unpaired) electrons. The molecule has 1 atom stereocenters. The van der Waals surface area contributed by atoms with Crippen molar-refractivity contribution in [2.24, 2.45) is 0 Å². The lowest BCUT2D eigenvalue weighted by atomic mass is 10.1. The maximum Gasteiger partial charge on any atom is 0.137 e. The van der Waals surface area contributed by atoms with Gasteiger partial charge in [0.25, 0.3) is 0 Å². The molecule has 0 aliphatic rings. The lowest BCUT2D eigenvalue weighted by Gasteiger charge is -2.12. The molecule has 1 N–H and O–H groups in total. The molecule has 0 saturated carbocycles. The number of rotatable bonds is 3. The molecule has 2 rings (SSSR count). The van der Waals surface area contributed by atoms with Crippen LogP contribution in [0.15, 0.2) is 36.5 Å². The molecule has 1 aromatic carbocycles. The summed E-state index contributed by atoms with van der Waals surface area (Å²) in [6, 6.07) is 8.90. The number of aliphatic hydroxyl groups is 1. The number of methoxy groups -OCH3 is 1. The van der Waals surface area contributed by atoms with Gasteiger partial charge in [-0.05, 0) is 36.2 Å². The number of aromatic nitrogens is 1. The average Bonchev–Trinajstić information content (AvgIpc) is 2.39. The first-order valence-corrected chi connectivity index (χ1v) is 5.93. The van der Waals surface area contributed by atoms with Gasteiger partial charge >= 0.3 is 0 Å². The van der Waals surface area contributed by atoms with Crippen LogP contribution in [0.4, 0.5) is 0 Å². The third-order valence-electron chi connectivity index (χ3n) is 2.71. The zero-order valence-corrected chi connectivity index (χ0v) is 11.0. The van der Waals surface area contributed by atoms with Crippen LogP contribution in [-0.2, 0) is 0 Å². The maximum absolute atomic E-state index is 10.2. The van der Waals surface area contributed by atoms with Crippen LogP contribution < -0.4 is 4.74 Å². The summed E-state index contributed by atoms with van der Waals surface area (Å²) in [6.45, 7) is 1.95. The molecule has 0 spiro atoms. The van der Waals surface area contributed by atoms with E-state index in [2.05, 4.69) is 4.98 Å². The zero-order chi connectivity index (χ0) is 13.1. The molecule has 18 heavy (non-hydrogen) atoms. The zero-order valence-electron chi connectivity index (χ0n) is 10.2. The van der Waals surface area contributed by atoms with Gasteiger partial charge < -0.3 is 9.84 Å². The van der Waals surface area contributed by atoms with Crippen LogP contribution in [0.2, 0.25) is 5.02 Å². The minimum Gasteiger partial charge on any atom is -0.495 e. The van der Waals surface area contributed by atoms with Crippen LogP contribution in [0.5, 0.6) is 5.75 Å². The van der Waals surface area contributed by atoms with Crippen molar-refractivity contribution >= 4 is 11.6 Å². The first-order chi connectivity index (χ1) is 8.61. The van der Waals surface area contributed by atoms with Crippen LogP contribution in [0, 0.1) is 6.92 Å². The Labute approximate surface area is 111 Å². The Morgan fingerprint density at radius 3 is 2.67 bits per heavy atom. The number of ether oxygens (including phenoxy) is 1. The molecule has 1 aromatic heterocycles. The fourth-order valence-electron chi connectivity index (χ4n) is 1.66. The Balaban J connectivity index is 2.33. The molecular formula is C14H14ClNO2. The smallest absolute Gasteiger partial charge is 0.137 e. The van der Waals surface area contributed by atoms with Crippen molar-refractivity contribution in [2.45, 2.75) is 13.0 Å². The molecule has 1 heterocycles. The molecule has 0 fully saturated rings. The van der Waals surface area contributed by atoms with Gasteiger partial charge in [-0.1, -0.05) is 23.7 Å². The van der Waals surface area contributed by atoms with E-state index in [0.717, 1.165) is 5.56 Å². The first-order valence-electron chi connectivity index (χ1n) is 5.56. The van der Waals surface area contributed by atoms with Gasteiger partial charge in [-0.15, -0.1) is 0 Å². The quantitative estimate of drug-likeness (QED) is 0.925. The number of halogens is 1. The summed E-state index contributed by atoms with van der Waals surface area (Å²) in [5.41, 5.74) is 2.36. The van der Waals surface area contributed by atoms with E-state index in [1.54, 1.807) is 37.6 Å². The Bertz CT molecular complexity index is 540. The van der Waals surface area contributed by atoms with Gasteiger partial charge in [0, 0.05) is 6.20 Å². The summed E-state index contributed by atoms with van der Waals surface area (Å²) in [7, 11) is 1.54. The number of aryl methyl sites for hydroxylation is 1. The summed E-state index contributed by atoms with van der Waals surface area (Å²) in [5, 5.41) is 10.8. The van der Waals surface area contributed by atoms with Gasteiger partial charge in [-0.25, -0.2) is 0 Å². The van der Waals surface area contributed by atoms with E-state index >= 15 is 0 Å². The first kappa shape index (κ1) is 12.9. The standard InChI is InChI=1S/C14H14ClNO2/c1-9-3-6-12(16-8-9)14(17)10-4-5-11(15)13(7-10)18-2/h3-8,14,17H,1-2H3. The summed E-state index contributed by atoms with van der Waals surface area (Å²) >= 11 is 5.95. The Hall–Kier alpha value is -1.58. The van der Waals surface area contributed by atoms with Gasteiger partial charge in [0.2, 0.25) is 0 Å². The molecule has 0 aliphatic carbocycles. The maximum atomic E-state index is 10.2. The minimum atomic E-state index is -0.781. The number of benzene rings is 1. The molecule has 1 unspecified atom stereocenters. The Morgan fingerprint density at radius 2 is 2.06 bits per heavy atom. The van der Waals surface area contributed by atoms with Crippen molar-refractivity contribution in [3.8, 4) is 5.75 Å². The molecule has 0 amide bonds. The van der Waals surface area contributed by atoms with Crippen LogP contribution >= 0.6 is 11.6 Å². The van der Waals surface area contributed by atoms with Gasteiger partial charge in [0.1, 0.15) is 11.9 Å². The number of aliphatic hydroxyl groups excluding tert-OH is 1. The van der Waals surface area contributed by atoms with E-state index in [-0.39, 0.29) is 0 Å². The van der Waals surface area contributed by atoms with Crippen LogP contribution in [0.3, 0.4) is 0 Å². The van der Waals surface area contributed by atoms with Crippen molar-refractivity contribution in [3.05, 3.63) is 58.4 Å². The minimum absolute atomic E-state index is 0.519. The summed E-state index contributed by atoms with van der Waals surface area (Å²) in [6.07, 6.45) is 0.947. The van der Waals surface area contributed by atoms with Crippen molar-refractivity contribution in [1.29, 1.82) is 0 Å². The van der Waals surface area contributed by atoms with Crippen molar-refractivity contribution in [1.82, 2.24) is 4.98 Å². The van der Waals surface area contributed by atoms with Gasteiger partial charge in [-0.2, -0.15) is 0 Å². The second kappa shape index (κ2) is 5.38. The molecule has 94 valence electrons. The molecule has 0 bridgehead atoms. The summed E-state index contributed by atoms with van der Waals surface area (Å²) < 4.78 is 5.13. The third kappa shape index (κ3) is 2.63. The normalized spacial score (nSPS) is 12.2. The van der Waals surface area contributed by atoms with Gasteiger partial charge in [0.15, 0.2) is 0 Å². The predicted molar refractivity (Wildman–Crippen MR) is 71.0 cm³/mol. The highest BCUT2D eigenvalue weighted by molar-refractivity contribution is 6.32. The summed E-state index contributed by atoms with van der Waals surface area (Å²) in [4.78, 5) is 4.21. The lowest BCUT2D eigenvalue weighted by Crippen LogP contribution is -2.02. The van der Waals surface area contributed by atoms with E-state index < -0.39 is 6.10 Å². The van der Waals surface area contributed by atoms with Crippen LogP contribution in [0.25, 0.3) is 0 Å². The number of hydrogen-bond acceptors (Lipinski definition) is 3. The molecule has 0 aliphatic heterocycles. The van der Waals surface area contributed by atoms with E-state index in [9.17, 15) is 5.11 Å². The SMILES string of the molecule is COc1cc(C(O)c2ccc(C)cn2)ccc1Cl. The van der Waals surface area contributed by atoms with E-state index in [1.165, 1.54) is 0 Å². The van der Waals surface area contributed by atoms with Crippen molar-refractivity contribution < 1.29 is 9.84 Å². The van der Waals surface area contributed by atoms with Crippen LogP contribution in [-0.4, -0.2) is 17.2 Å². The largest absolute Gasteiger partial charge is 0.495 e. The molecule has 3 nitrogen and oxygen atoms in total. The fraction of sp³-hybridized carbons (Fsp3) is 0.214. The lowest BCUT2D eigenvalue weighted by molar-refractivity contribution is 0.215. The molecular weight excluding hydrogens is 250 g/mol. The number of nitrogens with zero attached hydrogens (tertiary/aromatic N) is 1. The Kier molecular flexibility index (Phi) is 3.84. The van der Waals surface area contributed by atoms with Crippen molar-refractivity contribution in [2.75, 3.05) is 7.11 Å². The van der Waals surface area contributed by atoms with Gasteiger partial charge in [0.05, 0.1) is 17.8 Å². The highest BCUT2D eigenvalue weighted by Gasteiger charge is 2.13.